The van der Waals surface area contributed by atoms with Crippen molar-refractivity contribution >= 4 is 38.7 Å². The average molecular weight is 338 g/mol. The lowest BCUT2D eigenvalue weighted by Gasteiger charge is -1.99. The van der Waals surface area contributed by atoms with Gasteiger partial charge in [-0.15, -0.1) is 0 Å². The predicted octanol–water partition coefficient (Wildman–Crippen LogP) is 4.52. The van der Waals surface area contributed by atoms with E-state index < -0.39 is 0 Å². The number of aromatic nitrogens is 1. The molecule has 1 heterocycles. The van der Waals surface area contributed by atoms with E-state index >= 15 is 0 Å². The number of anilines is 1. The van der Waals surface area contributed by atoms with Crippen LogP contribution in [0.15, 0.2) is 48.5 Å². The van der Waals surface area contributed by atoms with E-state index in [0.29, 0.717) is 5.13 Å². The van der Waals surface area contributed by atoms with E-state index in [1.165, 1.54) is 23.0 Å². The molecule has 3 rings (SSSR count). The number of benzene rings is 2. The molecule has 24 heavy (non-hydrogen) atoms. The number of ether oxygens (including phenoxy) is 1. The van der Waals surface area contributed by atoms with Crippen LogP contribution in [0.1, 0.15) is 18.1 Å². The largest absolute Gasteiger partial charge is 0.497 e. The van der Waals surface area contributed by atoms with Crippen molar-refractivity contribution in [3.05, 3.63) is 59.7 Å². The summed E-state index contributed by atoms with van der Waals surface area (Å²) in [7, 11) is 1.62. The van der Waals surface area contributed by atoms with Gasteiger partial charge in [-0.1, -0.05) is 36.5 Å². The molecule has 0 radical (unpaired) electrons. The molecule has 0 fully saturated rings. The van der Waals surface area contributed by atoms with Crippen LogP contribution < -0.4 is 10.1 Å². The molecule has 0 aliphatic heterocycles. The molecular weight excluding hydrogens is 320 g/mol. The molecule has 0 bridgehead atoms. The maximum Gasteiger partial charge on any atom is 0.250 e. The Kier molecular flexibility index (Phi) is 4.91. The van der Waals surface area contributed by atoms with Gasteiger partial charge >= 0.3 is 0 Å². The highest BCUT2D eigenvalue weighted by Crippen LogP contribution is 2.27. The molecule has 4 nitrogen and oxygen atoms in total. The second kappa shape index (κ2) is 7.27. The first-order valence-electron chi connectivity index (χ1n) is 7.70. The number of aryl methyl sites for hydroxylation is 1. The standard InChI is InChI=1S/C19H18N2O2S/c1-3-13-6-10-16-17(12-13)24-19(20-16)21-18(22)11-7-14-4-8-15(23-2)9-5-14/h4-12H,3H2,1-2H3,(H,20,21,22)/b11-7+. The molecule has 5 heteroatoms. The van der Waals surface area contributed by atoms with Crippen LogP contribution in [0.5, 0.6) is 5.75 Å². The zero-order valence-electron chi connectivity index (χ0n) is 13.6. The van der Waals surface area contributed by atoms with Gasteiger partial charge in [0.1, 0.15) is 5.75 Å². The van der Waals surface area contributed by atoms with Crippen LogP contribution in [0.2, 0.25) is 0 Å². The third kappa shape index (κ3) is 3.81. The van der Waals surface area contributed by atoms with E-state index in [9.17, 15) is 4.79 Å². The SMILES string of the molecule is CCc1ccc2nc(NC(=O)/C=C/c3ccc(OC)cc3)sc2c1. The van der Waals surface area contributed by atoms with E-state index in [1.54, 1.807) is 13.2 Å². The monoisotopic (exact) mass is 338 g/mol. The number of nitrogens with one attached hydrogen (secondary N) is 1. The molecular formula is C19H18N2O2S. The third-order valence-electron chi connectivity index (χ3n) is 3.63. The minimum Gasteiger partial charge on any atom is -0.497 e. The summed E-state index contributed by atoms with van der Waals surface area (Å²) in [6.45, 7) is 2.12. The topological polar surface area (TPSA) is 51.2 Å². The maximum absolute atomic E-state index is 12.1. The predicted molar refractivity (Wildman–Crippen MR) is 99.7 cm³/mol. The number of hydrogen-bond acceptors (Lipinski definition) is 4. The summed E-state index contributed by atoms with van der Waals surface area (Å²) in [6.07, 6.45) is 4.25. The van der Waals surface area contributed by atoms with Crippen LogP contribution in [0.25, 0.3) is 16.3 Å². The minimum absolute atomic E-state index is 0.194. The Morgan fingerprint density at radius 1 is 1.25 bits per heavy atom. The zero-order valence-corrected chi connectivity index (χ0v) is 14.4. The molecule has 2 aromatic carbocycles. The number of fused-ring (bicyclic) bond motifs is 1. The Balaban J connectivity index is 1.68. The fourth-order valence-electron chi connectivity index (χ4n) is 2.28. The first-order valence-corrected chi connectivity index (χ1v) is 8.52. The normalized spacial score (nSPS) is 11.1. The van der Waals surface area contributed by atoms with Gasteiger partial charge in [0, 0.05) is 6.08 Å². The summed E-state index contributed by atoms with van der Waals surface area (Å²) >= 11 is 1.49. The Labute approximate surface area is 144 Å². The summed E-state index contributed by atoms with van der Waals surface area (Å²) < 4.78 is 6.20. The first-order chi connectivity index (χ1) is 11.7. The van der Waals surface area contributed by atoms with E-state index in [-0.39, 0.29) is 5.91 Å². The molecule has 1 aromatic heterocycles. The maximum atomic E-state index is 12.1. The van der Waals surface area contributed by atoms with Crippen molar-refractivity contribution in [2.75, 3.05) is 12.4 Å². The van der Waals surface area contributed by atoms with Gasteiger partial charge in [0.2, 0.25) is 5.91 Å². The summed E-state index contributed by atoms with van der Waals surface area (Å²) in [5, 5.41) is 3.43. The molecule has 0 aliphatic rings. The van der Waals surface area contributed by atoms with E-state index in [1.807, 2.05) is 30.3 Å². The van der Waals surface area contributed by atoms with E-state index in [2.05, 4.69) is 29.4 Å². The van der Waals surface area contributed by atoms with Gasteiger partial charge in [-0.3, -0.25) is 10.1 Å². The zero-order chi connectivity index (χ0) is 16.9. The number of amides is 1. The van der Waals surface area contributed by atoms with E-state index in [4.69, 9.17) is 4.74 Å². The molecule has 0 saturated carbocycles. The second-order valence-electron chi connectivity index (χ2n) is 5.27. The van der Waals surface area contributed by atoms with Crippen molar-refractivity contribution in [3.8, 4) is 5.75 Å². The second-order valence-corrected chi connectivity index (χ2v) is 6.30. The van der Waals surface area contributed by atoms with Crippen molar-refractivity contribution in [1.29, 1.82) is 0 Å². The molecule has 1 N–H and O–H groups in total. The minimum atomic E-state index is -0.194. The van der Waals surface area contributed by atoms with Crippen LogP contribution in [0.4, 0.5) is 5.13 Å². The fourth-order valence-corrected chi connectivity index (χ4v) is 3.21. The Morgan fingerprint density at radius 3 is 2.75 bits per heavy atom. The van der Waals surface area contributed by atoms with Gasteiger partial charge in [-0.2, -0.15) is 0 Å². The number of carbonyl (C=O) groups is 1. The molecule has 0 aliphatic carbocycles. The van der Waals surface area contributed by atoms with Crippen LogP contribution in [0.3, 0.4) is 0 Å². The lowest BCUT2D eigenvalue weighted by atomic mass is 10.2. The molecule has 0 unspecified atom stereocenters. The Hall–Kier alpha value is -2.66. The summed E-state index contributed by atoms with van der Waals surface area (Å²) in [6, 6.07) is 13.7. The molecule has 0 saturated heterocycles. The average Bonchev–Trinajstić information content (AvgIpc) is 3.01. The van der Waals surface area contributed by atoms with Crippen molar-refractivity contribution in [2.45, 2.75) is 13.3 Å². The fraction of sp³-hybridized carbons (Fsp3) is 0.158. The molecule has 0 atom stereocenters. The van der Waals surface area contributed by atoms with Gasteiger partial charge in [-0.05, 0) is 47.9 Å². The molecule has 1 amide bonds. The van der Waals surface area contributed by atoms with Crippen LogP contribution in [-0.2, 0) is 11.2 Å². The van der Waals surface area contributed by atoms with Gasteiger partial charge in [0.15, 0.2) is 5.13 Å². The Bertz CT molecular complexity index is 882. The van der Waals surface area contributed by atoms with Gasteiger partial charge < -0.3 is 4.74 Å². The highest BCUT2D eigenvalue weighted by Gasteiger charge is 2.06. The quantitative estimate of drug-likeness (QED) is 0.696. The van der Waals surface area contributed by atoms with E-state index in [0.717, 1.165) is 28.0 Å². The summed E-state index contributed by atoms with van der Waals surface area (Å²) in [5.74, 6) is 0.595. The number of thiazole rings is 1. The molecule has 0 spiro atoms. The van der Waals surface area contributed by atoms with Crippen molar-refractivity contribution < 1.29 is 9.53 Å². The summed E-state index contributed by atoms with van der Waals surface area (Å²) in [5.41, 5.74) is 3.11. The van der Waals surface area contributed by atoms with Crippen molar-refractivity contribution in [3.63, 3.8) is 0 Å². The van der Waals surface area contributed by atoms with Crippen molar-refractivity contribution in [2.24, 2.45) is 0 Å². The number of carbonyl (C=O) groups excluding carboxylic acids is 1. The van der Waals surface area contributed by atoms with Gasteiger partial charge in [0.05, 0.1) is 17.3 Å². The highest BCUT2D eigenvalue weighted by molar-refractivity contribution is 7.22. The van der Waals surface area contributed by atoms with Gasteiger partial charge in [0.25, 0.3) is 0 Å². The number of nitrogens with zero attached hydrogens (tertiary/aromatic N) is 1. The first kappa shape index (κ1) is 16.2. The molecule has 3 aromatic rings. The molecule has 122 valence electrons. The third-order valence-corrected chi connectivity index (χ3v) is 4.57. The Morgan fingerprint density at radius 2 is 2.04 bits per heavy atom. The number of methoxy groups -OCH3 is 1. The van der Waals surface area contributed by atoms with Crippen LogP contribution in [-0.4, -0.2) is 18.0 Å². The van der Waals surface area contributed by atoms with Gasteiger partial charge in [-0.25, -0.2) is 4.98 Å². The lowest BCUT2D eigenvalue weighted by molar-refractivity contribution is -0.111. The van der Waals surface area contributed by atoms with Crippen molar-refractivity contribution in [1.82, 2.24) is 4.98 Å². The summed E-state index contributed by atoms with van der Waals surface area (Å²) in [4.78, 5) is 16.5. The van der Waals surface area contributed by atoms with Crippen LogP contribution in [0, 0.1) is 0 Å². The lowest BCUT2D eigenvalue weighted by Crippen LogP contribution is -2.07. The highest BCUT2D eigenvalue weighted by atomic mass is 32.1. The van der Waals surface area contributed by atoms with Crippen LogP contribution >= 0.6 is 11.3 Å². The smallest absolute Gasteiger partial charge is 0.250 e. The number of rotatable bonds is 5. The number of hydrogen-bond donors (Lipinski definition) is 1.